The van der Waals surface area contributed by atoms with Crippen molar-refractivity contribution in [1.29, 1.82) is 0 Å². The summed E-state index contributed by atoms with van der Waals surface area (Å²) in [4.78, 5) is 23.4. The zero-order chi connectivity index (χ0) is 20.1. The smallest absolute Gasteiger partial charge is 0.260 e. The molecule has 1 amide bonds. The van der Waals surface area contributed by atoms with E-state index in [9.17, 15) is 4.79 Å². The van der Waals surface area contributed by atoms with Crippen molar-refractivity contribution >= 4 is 56.8 Å². The first kappa shape index (κ1) is 23.7. The number of amides is 1. The van der Waals surface area contributed by atoms with E-state index < -0.39 is 0 Å². The van der Waals surface area contributed by atoms with E-state index in [0.29, 0.717) is 12.1 Å². The molecule has 1 heterocycles. The average molecular weight is 450 g/mol. The predicted octanol–water partition coefficient (Wildman–Crippen LogP) is 5.60. The van der Waals surface area contributed by atoms with Crippen LogP contribution in [0.25, 0.3) is 10.2 Å². The first-order valence-electron chi connectivity index (χ1n) is 9.52. The molecule has 29 heavy (non-hydrogen) atoms. The fraction of sp³-hybridized carbons (Fsp3) is 0.364. The minimum atomic E-state index is 0. The lowest BCUT2D eigenvalue weighted by Crippen LogP contribution is -2.33. The predicted molar refractivity (Wildman–Crippen MR) is 129 cm³/mol. The van der Waals surface area contributed by atoms with Crippen LogP contribution < -0.4 is 4.90 Å². The summed E-state index contributed by atoms with van der Waals surface area (Å²) in [6.07, 6.45) is 3.86. The van der Waals surface area contributed by atoms with Crippen LogP contribution in [0.3, 0.4) is 0 Å². The Kier molecular flexibility index (Phi) is 8.96. The molecule has 0 atom stereocenters. The number of hydrogen-bond acceptors (Lipinski definition) is 5. The molecule has 0 saturated heterocycles. The van der Waals surface area contributed by atoms with Crippen LogP contribution in [0.5, 0.6) is 0 Å². The molecule has 0 bridgehead atoms. The Morgan fingerprint density at radius 1 is 1.14 bits per heavy atom. The molecule has 2 aromatic carbocycles. The van der Waals surface area contributed by atoms with E-state index >= 15 is 0 Å². The van der Waals surface area contributed by atoms with Gasteiger partial charge in [0.25, 0.3) is 5.91 Å². The Bertz CT molecular complexity index is 958. The number of para-hydroxylation sites is 1. The third kappa shape index (κ3) is 5.72. The normalized spacial score (nSPS) is 10.9. The van der Waals surface area contributed by atoms with Crippen LogP contribution in [0.4, 0.5) is 5.13 Å². The van der Waals surface area contributed by atoms with E-state index in [0.717, 1.165) is 39.6 Å². The number of thioether (sulfide) groups is 1. The summed E-state index contributed by atoms with van der Waals surface area (Å²) in [7, 11) is 4.11. The summed E-state index contributed by atoms with van der Waals surface area (Å²) >= 11 is 3.25. The lowest BCUT2D eigenvalue weighted by atomic mass is 10.1. The number of anilines is 1. The van der Waals surface area contributed by atoms with Crippen LogP contribution in [-0.4, -0.2) is 49.2 Å². The van der Waals surface area contributed by atoms with Crippen molar-refractivity contribution in [2.75, 3.05) is 38.3 Å². The molecule has 0 spiro atoms. The van der Waals surface area contributed by atoms with Gasteiger partial charge in [-0.1, -0.05) is 36.5 Å². The fourth-order valence-corrected chi connectivity index (χ4v) is 4.63. The van der Waals surface area contributed by atoms with Gasteiger partial charge in [-0.25, -0.2) is 4.98 Å². The Morgan fingerprint density at radius 2 is 1.90 bits per heavy atom. The maximum Gasteiger partial charge on any atom is 0.260 e. The molecule has 1 aromatic heterocycles. The third-order valence-corrected chi connectivity index (χ3v) is 6.42. The highest BCUT2D eigenvalue weighted by atomic mass is 35.5. The molecule has 3 aromatic rings. The van der Waals surface area contributed by atoms with Gasteiger partial charge in [-0.3, -0.25) is 9.69 Å². The van der Waals surface area contributed by atoms with E-state index in [2.05, 4.69) is 44.1 Å². The number of fused-ring (bicyclic) bond motifs is 1. The molecule has 7 heteroatoms. The first-order chi connectivity index (χ1) is 13.5. The van der Waals surface area contributed by atoms with Crippen molar-refractivity contribution < 1.29 is 4.79 Å². The van der Waals surface area contributed by atoms with Crippen molar-refractivity contribution in [3.05, 3.63) is 53.6 Å². The van der Waals surface area contributed by atoms with Crippen LogP contribution in [0.15, 0.2) is 47.4 Å². The molecule has 0 aliphatic rings. The number of benzene rings is 2. The minimum absolute atomic E-state index is 0. The Hall–Kier alpha value is -1.60. The van der Waals surface area contributed by atoms with Gasteiger partial charge in [0.2, 0.25) is 0 Å². The molecule has 0 N–H and O–H groups in total. The maximum atomic E-state index is 13.4. The Morgan fingerprint density at radius 3 is 2.59 bits per heavy atom. The van der Waals surface area contributed by atoms with E-state index in [4.69, 9.17) is 4.98 Å². The molecule has 0 radical (unpaired) electrons. The lowest BCUT2D eigenvalue weighted by molar-refractivity contribution is 0.0986. The van der Waals surface area contributed by atoms with Gasteiger partial charge in [-0.15, -0.1) is 24.2 Å². The molecular weight excluding hydrogens is 422 g/mol. The van der Waals surface area contributed by atoms with Gasteiger partial charge in [-0.05, 0) is 69.6 Å². The lowest BCUT2D eigenvalue weighted by Gasteiger charge is -2.21. The molecule has 0 aliphatic heterocycles. The van der Waals surface area contributed by atoms with Gasteiger partial charge < -0.3 is 4.90 Å². The van der Waals surface area contributed by atoms with Gasteiger partial charge in [-0.2, -0.15) is 0 Å². The minimum Gasteiger partial charge on any atom is -0.309 e. The van der Waals surface area contributed by atoms with E-state index in [1.54, 1.807) is 23.1 Å². The molecule has 0 fully saturated rings. The second-order valence-electron chi connectivity index (χ2n) is 6.96. The second kappa shape index (κ2) is 11.0. The highest BCUT2D eigenvalue weighted by Crippen LogP contribution is 2.32. The number of hydrogen-bond donors (Lipinski definition) is 0. The number of aryl methyl sites for hydroxylation is 1. The third-order valence-electron chi connectivity index (χ3n) is 4.65. The van der Waals surface area contributed by atoms with Gasteiger partial charge in [0, 0.05) is 17.0 Å². The second-order valence-corrected chi connectivity index (χ2v) is 8.85. The maximum absolute atomic E-state index is 13.4. The van der Waals surface area contributed by atoms with Crippen molar-refractivity contribution in [2.45, 2.75) is 24.7 Å². The van der Waals surface area contributed by atoms with Crippen LogP contribution in [0.2, 0.25) is 0 Å². The molecule has 0 unspecified atom stereocenters. The van der Waals surface area contributed by atoms with E-state index in [1.807, 2.05) is 35.4 Å². The van der Waals surface area contributed by atoms with Crippen LogP contribution in [-0.2, 0) is 6.42 Å². The molecule has 4 nitrogen and oxygen atoms in total. The standard InChI is InChI=1S/C22H27N3OS2.ClH/c1-5-16-9-7-12-19-20(16)23-22(28-19)25(14-8-13-24(2)3)21(26)17-10-6-11-18(15-17)27-4;/h6-7,9-12,15H,5,8,13-14H2,1-4H3;1H. The van der Waals surface area contributed by atoms with Crippen LogP contribution >= 0.6 is 35.5 Å². The van der Waals surface area contributed by atoms with E-state index in [1.165, 1.54) is 5.56 Å². The highest BCUT2D eigenvalue weighted by molar-refractivity contribution is 7.98. The largest absolute Gasteiger partial charge is 0.309 e. The van der Waals surface area contributed by atoms with Gasteiger partial charge >= 0.3 is 0 Å². The quantitative estimate of drug-likeness (QED) is 0.419. The molecule has 0 saturated carbocycles. The molecule has 3 rings (SSSR count). The Balaban J connectivity index is 0.00000300. The summed E-state index contributed by atoms with van der Waals surface area (Å²) in [6.45, 7) is 3.73. The summed E-state index contributed by atoms with van der Waals surface area (Å²) in [6, 6.07) is 14.1. The molecular formula is C22H28ClN3OS2. The summed E-state index contributed by atoms with van der Waals surface area (Å²) in [5.41, 5.74) is 2.96. The highest BCUT2D eigenvalue weighted by Gasteiger charge is 2.22. The number of thiazole rings is 1. The SMILES string of the molecule is CCc1cccc2sc(N(CCCN(C)C)C(=O)c3cccc(SC)c3)nc12.Cl. The fourth-order valence-electron chi connectivity index (χ4n) is 3.14. The van der Waals surface area contributed by atoms with E-state index in [-0.39, 0.29) is 18.3 Å². The monoisotopic (exact) mass is 449 g/mol. The van der Waals surface area contributed by atoms with Crippen molar-refractivity contribution in [2.24, 2.45) is 0 Å². The zero-order valence-electron chi connectivity index (χ0n) is 17.3. The van der Waals surface area contributed by atoms with Gasteiger partial charge in [0.05, 0.1) is 10.2 Å². The zero-order valence-corrected chi connectivity index (χ0v) is 19.8. The van der Waals surface area contributed by atoms with Gasteiger partial charge in [0.15, 0.2) is 5.13 Å². The average Bonchev–Trinajstić information content (AvgIpc) is 3.14. The molecule has 0 aliphatic carbocycles. The van der Waals surface area contributed by atoms with Crippen molar-refractivity contribution in [3.63, 3.8) is 0 Å². The number of carbonyl (C=O) groups is 1. The Labute approximate surface area is 187 Å². The summed E-state index contributed by atoms with van der Waals surface area (Å²) in [5.74, 6) is 0.0201. The summed E-state index contributed by atoms with van der Waals surface area (Å²) < 4.78 is 1.14. The number of carbonyl (C=O) groups excluding carboxylic acids is 1. The topological polar surface area (TPSA) is 36.4 Å². The van der Waals surface area contributed by atoms with Crippen LogP contribution in [0, 0.1) is 0 Å². The van der Waals surface area contributed by atoms with Crippen molar-refractivity contribution in [3.8, 4) is 0 Å². The number of halogens is 1. The number of nitrogens with zero attached hydrogens (tertiary/aromatic N) is 3. The first-order valence-corrected chi connectivity index (χ1v) is 11.6. The summed E-state index contributed by atoms with van der Waals surface area (Å²) in [5, 5.41) is 0.786. The number of aromatic nitrogens is 1. The van der Waals surface area contributed by atoms with Gasteiger partial charge in [0.1, 0.15) is 0 Å². The molecule has 156 valence electrons. The van der Waals surface area contributed by atoms with Crippen LogP contribution in [0.1, 0.15) is 29.3 Å². The van der Waals surface area contributed by atoms with Crippen molar-refractivity contribution in [1.82, 2.24) is 9.88 Å². The number of rotatable bonds is 8.